The van der Waals surface area contributed by atoms with E-state index >= 15 is 0 Å². The van der Waals surface area contributed by atoms with Gasteiger partial charge in [-0.2, -0.15) is 5.26 Å². The Morgan fingerprint density at radius 2 is 1.93 bits per heavy atom. The Morgan fingerprint density at radius 3 is 2.83 bits per heavy atom. The molecule has 0 aliphatic carbocycles. The fraction of sp³-hybridized carbons (Fsp3) is 0.0417. The number of aromatic nitrogens is 3. The van der Waals surface area contributed by atoms with Crippen molar-refractivity contribution in [3.63, 3.8) is 0 Å². The molecule has 138 valence electrons. The number of fused-ring (bicyclic) bond motifs is 2. The Bertz CT molecular complexity index is 1410. The minimum Gasteiger partial charge on any atom is -0.361 e. The van der Waals surface area contributed by atoms with Crippen LogP contribution >= 0.6 is 0 Å². The third-order valence-electron chi connectivity index (χ3n) is 5.23. The maximum absolute atomic E-state index is 9.70. The predicted molar refractivity (Wildman–Crippen MR) is 116 cm³/mol. The van der Waals surface area contributed by atoms with Crippen LogP contribution in [0.1, 0.15) is 11.1 Å². The summed E-state index contributed by atoms with van der Waals surface area (Å²) >= 11 is 0. The lowest BCUT2D eigenvalue weighted by molar-refractivity contribution is 1.29. The molecule has 0 spiro atoms. The molecule has 5 aromatic rings. The molecule has 0 saturated heterocycles. The summed E-state index contributed by atoms with van der Waals surface area (Å²) in [6.07, 6.45) is 7.12. The molecule has 2 aromatic carbocycles. The number of benzene rings is 2. The zero-order valence-corrected chi connectivity index (χ0v) is 15.8. The Balaban J connectivity index is 1.67. The topological polar surface area (TPSA) is 77.4 Å². The zero-order valence-electron chi connectivity index (χ0n) is 15.8. The van der Waals surface area contributed by atoms with E-state index in [9.17, 15) is 5.26 Å². The predicted octanol–water partition coefficient (Wildman–Crippen LogP) is 5.70. The molecule has 0 aliphatic rings. The molecule has 29 heavy (non-hydrogen) atoms. The first kappa shape index (κ1) is 17.0. The van der Waals surface area contributed by atoms with Gasteiger partial charge in [0.15, 0.2) is 0 Å². The van der Waals surface area contributed by atoms with E-state index in [1.807, 2.05) is 48.8 Å². The second-order valence-electron chi connectivity index (χ2n) is 6.94. The number of nitrogens with one attached hydrogen (secondary N) is 2. The van der Waals surface area contributed by atoms with E-state index in [0.717, 1.165) is 49.9 Å². The number of nitriles is 1. The van der Waals surface area contributed by atoms with E-state index in [4.69, 9.17) is 0 Å². The number of H-pyrrole nitrogens is 1. The van der Waals surface area contributed by atoms with Crippen molar-refractivity contribution in [2.75, 3.05) is 5.32 Å². The smallest absolute Gasteiger partial charge is 0.103 e. The molecule has 0 atom stereocenters. The number of hydrogen-bond acceptors (Lipinski definition) is 4. The fourth-order valence-electron chi connectivity index (χ4n) is 3.67. The Labute approximate surface area is 167 Å². The van der Waals surface area contributed by atoms with Gasteiger partial charge in [-0.25, -0.2) is 0 Å². The van der Waals surface area contributed by atoms with E-state index in [-0.39, 0.29) is 0 Å². The van der Waals surface area contributed by atoms with Gasteiger partial charge in [-0.05, 0) is 42.8 Å². The maximum Gasteiger partial charge on any atom is 0.103 e. The Hall–Kier alpha value is -4.17. The number of rotatable bonds is 3. The molecule has 0 amide bonds. The summed E-state index contributed by atoms with van der Waals surface area (Å²) in [4.78, 5) is 12.1. The molecule has 2 N–H and O–H groups in total. The van der Waals surface area contributed by atoms with Gasteiger partial charge in [0.2, 0.25) is 0 Å². The highest BCUT2D eigenvalue weighted by atomic mass is 14.9. The lowest BCUT2D eigenvalue weighted by Crippen LogP contribution is -2.00. The molecule has 5 rings (SSSR count). The third kappa shape index (κ3) is 2.88. The van der Waals surface area contributed by atoms with Crippen molar-refractivity contribution in [2.24, 2.45) is 0 Å². The molecule has 0 unspecified atom stereocenters. The third-order valence-corrected chi connectivity index (χ3v) is 5.23. The molecule has 5 nitrogen and oxygen atoms in total. The Morgan fingerprint density at radius 1 is 1.03 bits per heavy atom. The lowest BCUT2D eigenvalue weighted by Gasteiger charge is -2.16. The molecular formula is C24H17N5. The Kier molecular flexibility index (Phi) is 3.96. The van der Waals surface area contributed by atoms with E-state index in [2.05, 4.69) is 45.4 Å². The molecule has 3 aromatic heterocycles. The average Bonchev–Trinajstić information content (AvgIpc) is 3.25. The summed E-state index contributed by atoms with van der Waals surface area (Å²) in [6, 6.07) is 18.4. The summed E-state index contributed by atoms with van der Waals surface area (Å²) in [5.41, 5.74) is 7.07. The van der Waals surface area contributed by atoms with Crippen LogP contribution in [0.15, 0.2) is 73.3 Å². The van der Waals surface area contributed by atoms with Crippen molar-refractivity contribution in [3.05, 3.63) is 84.4 Å². The zero-order chi connectivity index (χ0) is 19.8. The van der Waals surface area contributed by atoms with E-state index in [1.54, 1.807) is 12.4 Å². The number of para-hydroxylation sites is 1. The molecule has 0 fully saturated rings. The van der Waals surface area contributed by atoms with E-state index in [1.165, 1.54) is 0 Å². The summed E-state index contributed by atoms with van der Waals surface area (Å²) < 4.78 is 0. The summed E-state index contributed by atoms with van der Waals surface area (Å²) in [6.45, 7) is 2.07. The quantitative estimate of drug-likeness (QED) is 0.424. The highest BCUT2D eigenvalue weighted by molar-refractivity contribution is 5.93. The monoisotopic (exact) mass is 375 g/mol. The van der Waals surface area contributed by atoms with Crippen LogP contribution in [-0.2, 0) is 0 Å². The van der Waals surface area contributed by atoms with Crippen molar-refractivity contribution < 1.29 is 0 Å². The maximum atomic E-state index is 9.70. The number of aryl methyl sites for hydroxylation is 1. The van der Waals surface area contributed by atoms with Gasteiger partial charge in [-0.15, -0.1) is 0 Å². The van der Waals surface area contributed by atoms with Gasteiger partial charge < -0.3 is 10.3 Å². The van der Waals surface area contributed by atoms with Crippen molar-refractivity contribution >= 4 is 33.2 Å². The normalized spacial score (nSPS) is 10.9. The van der Waals surface area contributed by atoms with Gasteiger partial charge in [0.05, 0.1) is 16.8 Å². The van der Waals surface area contributed by atoms with Crippen molar-refractivity contribution in [2.45, 2.75) is 6.92 Å². The largest absolute Gasteiger partial charge is 0.361 e. The van der Waals surface area contributed by atoms with Crippen LogP contribution in [-0.4, -0.2) is 15.0 Å². The standard InChI is InChI=1S/C24H17N5/c1-15-19-8-9-27-23(19)7-6-21(15)29-24-18(11-25)12-26-14-20(24)17-10-16-4-2-3-5-22(16)28-13-17/h2-10,12-14,27H,1H3,(H,26,29). The minimum atomic E-state index is 0.490. The van der Waals surface area contributed by atoms with Crippen LogP contribution in [0.4, 0.5) is 11.4 Å². The van der Waals surface area contributed by atoms with Gasteiger partial charge in [-0.1, -0.05) is 18.2 Å². The summed E-state index contributed by atoms with van der Waals surface area (Å²) in [5.74, 6) is 0. The molecule has 3 heterocycles. The lowest BCUT2D eigenvalue weighted by atomic mass is 10.0. The van der Waals surface area contributed by atoms with Gasteiger partial charge >= 0.3 is 0 Å². The minimum absolute atomic E-state index is 0.490. The van der Waals surface area contributed by atoms with Crippen LogP contribution in [0.25, 0.3) is 32.9 Å². The van der Waals surface area contributed by atoms with Crippen molar-refractivity contribution in [1.29, 1.82) is 5.26 Å². The highest BCUT2D eigenvalue weighted by Crippen LogP contribution is 2.35. The van der Waals surface area contributed by atoms with Gasteiger partial charge in [0.25, 0.3) is 0 Å². The number of anilines is 2. The average molecular weight is 375 g/mol. The second-order valence-corrected chi connectivity index (χ2v) is 6.94. The molecule has 0 radical (unpaired) electrons. The van der Waals surface area contributed by atoms with E-state index in [0.29, 0.717) is 5.56 Å². The SMILES string of the molecule is Cc1c(Nc2c(C#N)cncc2-c2cnc3ccccc3c2)ccc2[nH]ccc12. The number of aromatic amines is 1. The molecular weight excluding hydrogens is 358 g/mol. The first-order valence-corrected chi connectivity index (χ1v) is 9.31. The fourth-order valence-corrected chi connectivity index (χ4v) is 3.67. The number of pyridine rings is 2. The molecule has 0 bridgehead atoms. The first-order chi connectivity index (χ1) is 14.2. The van der Waals surface area contributed by atoms with Crippen LogP contribution in [0.3, 0.4) is 0 Å². The van der Waals surface area contributed by atoms with Gasteiger partial charge in [0, 0.05) is 57.9 Å². The molecule has 0 aliphatic heterocycles. The van der Waals surface area contributed by atoms with Crippen LogP contribution in [0, 0.1) is 18.3 Å². The highest BCUT2D eigenvalue weighted by Gasteiger charge is 2.14. The van der Waals surface area contributed by atoms with Crippen LogP contribution < -0.4 is 5.32 Å². The second kappa shape index (κ2) is 6.77. The molecule has 0 saturated carbocycles. The van der Waals surface area contributed by atoms with Crippen molar-refractivity contribution in [3.8, 4) is 17.2 Å². The summed E-state index contributed by atoms with van der Waals surface area (Å²) in [7, 11) is 0. The van der Waals surface area contributed by atoms with Crippen molar-refractivity contribution in [1.82, 2.24) is 15.0 Å². The van der Waals surface area contributed by atoms with Crippen LogP contribution in [0.2, 0.25) is 0 Å². The van der Waals surface area contributed by atoms with E-state index < -0.39 is 0 Å². The number of hydrogen-bond donors (Lipinski definition) is 2. The van der Waals surface area contributed by atoms with Gasteiger partial charge in [0.1, 0.15) is 6.07 Å². The van der Waals surface area contributed by atoms with Crippen LogP contribution in [0.5, 0.6) is 0 Å². The number of nitrogens with zero attached hydrogens (tertiary/aromatic N) is 3. The summed E-state index contributed by atoms with van der Waals surface area (Å²) in [5, 5.41) is 15.4. The molecule has 5 heteroatoms. The van der Waals surface area contributed by atoms with Gasteiger partial charge in [-0.3, -0.25) is 9.97 Å². The first-order valence-electron chi connectivity index (χ1n) is 9.31.